The first-order chi connectivity index (χ1) is 9.15. The number of hydrogen-bond acceptors (Lipinski definition) is 4. The van der Waals surface area contributed by atoms with Gasteiger partial charge in [-0.15, -0.1) is 0 Å². The van der Waals surface area contributed by atoms with Crippen LogP contribution in [-0.2, 0) is 4.74 Å². The van der Waals surface area contributed by atoms with Crippen LogP contribution >= 0.6 is 0 Å². The van der Waals surface area contributed by atoms with Gasteiger partial charge in [0, 0.05) is 19.7 Å². The highest BCUT2D eigenvalue weighted by atomic mass is 16.5. The molecule has 19 heavy (non-hydrogen) atoms. The number of aromatic amines is 1. The average molecular weight is 259 g/mol. The standard InChI is InChI=1S/C14H17N3O2/c1-4-19-14(18)12-13(17(2)3)11(15-16-12)10-8-6-5-7-9-10/h5-9H,4H2,1-3H3,(H,15,16). The number of nitrogens with one attached hydrogen (secondary N) is 1. The minimum absolute atomic E-state index is 0.339. The molecular formula is C14H17N3O2. The molecule has 5 heteroatoms. The summed E-state index contributed by atoms with van der Waals surface area (Å²) in [7, 11) is 3.75. The summed E-state index contributed by atoms with van der Waals surface area (Å²) in [5.74, 6) is -0.388. The molecule has 0 unspecified atom stereocenters. The quantitative estimate of drug-likeness (QED) is 0.856. The Morgan fingerprint density at radius 1 is 1.32 bits per heavy atom. The van der Waals surface area contributed by atoms with Crippen molar-refractivity contribution in [2.45, 2.75) is 6.92 Å². The summed E-state index contributed by atoms with van der Waals surface area (Å²) >= 11 is 0. The van der Waals surface area contributed by atoms with E-state index in [0.29, 0.717) is 12.3 Å². The minimum atomic E-state index is -0.388. The third-order valence-corrected chi connectivity index (χ3v) is 2.71. The minimum Gasteiger partial charge on any atom is -0.461 e. The predicted octanol–water partition coefficient (Wildman–Crippen LogP) is 2.32. The maximum Gasteiger partial charge on any atom is 0.358 e. The molecule has 1 aromatic heterocycles. The van der Waals surface area contributed by atoms with Crippen molar-refractivity contribution in [1.29, 1.82) is 0 Å². The van der Waals surface area contributed by atoms with Crippen molar-refractivity contribution in [3.63, 3.8) is 0 Å². The van der Waals surface area contributed by atoms with Crippen molar-refractivity contribution in [1.82, 2.24) is 10.2 Å². The van der Waals surface area contributed by atoms with E-state index in [1.165, 1.54) is 0 Å². The topological polar surface area (TPSA) is 58.2 Å². The number of nitrogens with zero attached hydrogens (tertiary/aromatic N) is 2. The number of rotatable bonds is 4. The molecule has 1 aromatic carbocycles. The largest absolute Gasteiger partial charge is 0.461 e. The van der Waals surface area contributed by atoms with Crippen LogP contribution in [0.1, 0.15) is 17.4 Å². The lowest BCUT2D eigenvalue weighted by atomic mass is 10.1. The number of hydrogen-bond donors (Lipinski definition) is 1. The van der Waals surface area contributed by atoms with E-state index >= 15 is 0 Å². The molecule has 0 radical (unpaired) electrons. The Bertz CT molecular complexity index is 561. The van der Waals surface area contributed by atoms with Crippen molar-refractivity contribution >= 4 is 11.7 Å². The first-order valence-electron chi connectivity index (χ1n) is 6.13. The van der Waals surface area contributed by atoms with Crippen LogP contribution in [-0.4, -0.2) is 36.9 Å². The first kappa shape index (κ1) is 13.1. The zero-order valence-electron chi connectivity index (χ0n) is 11.3. The summed E-state index contributed by atoms with van der Waals surface area (Å²) in [6.45, 7) is 2.12. The lowest BCUT2D eigenvalue weighted by molar-refractivity contribution is 0.0520. The van der Waals surface area contributed by atoms with Gasteiger partial charge in [-0.3, -0.25) is 5.10 Å². The van der Waals surface area contributed by atoms with Gasteiger partial charge in [0.15, 0.2) is 5.69 Å². The molecule has 0 aliphatic rings. The van der Waals surface area contributed by atoms with Gasteiger partial charge >= 0.3 is 5.97 Å². The summed E-state index contributed by atoms with van der Waals surface area (Å²) in [5, 5.41) is 7.02. The monoisotopic (exact) mass is 259 g/mol. The first-order valence-corrected chi connectivity index (χ1v) is 6.13. The van der Waals surface area contributed by atoms with Gasteiger partial charge in [-0.2, -0.15) is 5.10 Å². The smallest absolute Gasteiger partial charge is 0.358 e. The highest BCUT2D eigenvalue weighted by Gasteiger charge is 2.22. The van der Waals surface area contributed by atoms with Crippen LogP contribution in [0.2, 0.25) is 0 Å². The Balaban J connectivity index is 2.49. The lowest BCUT2D eigenvalue weighted by Gasteiger charge is -2.14. The maximum atomic E-state index is 11.9. The molecule has 0 aliphatic carbocycles. The number of benzene rings is 1. The molecule has 0 spiro atoms. The van der Waals surface area contributed by atoms with E-state index in [9.17, 15) is 4.79 Å². The van der Waals surface area contributed by atoms with Crippen LogP contribution in [0.15, 0.2) is 30.3 Å². The van der Waals surface area contributed by atoms with E-state index in [2.05, 4.69) is 10.2 Å². The van der Waals surface area contributed by atoms with Crippen molar-refractivity contribution in [2.24, 2.45) is 0 Å². The van der Waals surface area contributed by atoms with Crippen LogP contribution in [0.4, 0.5) is 5.69 Å². The second-order valence-electron chi connectivity index (χ2n) is 4.28. The van der Waals surface area contributed by atoms with Crippen molar-refractivity contribution in [3.05, 3.63) is 36.0 Å². The Morgan fingerprint density at radius 3 is 2.58 bits per heavy atom. The molecule has 0 fully saturated rings. The third kappa shape index (κ3) is 2.59. The summed E-state index contributed by atoms with van der Waals surface area (Å²) in [6.07, 6.45) is 0. The summed E-state index contributed by atoms with van der Waals surface area (Å²) in [6, 6.07) is 9.73. The molecular weight excluding hydrogens is 242 g/mol. The molecule has 0 atom stereocenters. The van der Waals surface area contributed by atoms with Gasteiger partial charge in [-0.25, -0.2) is 4.79 Å². The fraction of sp³-hybridized carbons (Fsp3) is 0.286. The number of H-pyrrole nitrogens is 1. The Hall–Kier alpha value is -2.30. The van der Waals surface area contributed by atoms with Crippen LogP contribution in [0, 0.1) is 0 Å². The molecule has 1 heterocycles. The maximum absolute atomic E-state index is 11.9. The van der Waals surface area contributed by atoms with Crippen molar-refractivity contribution < 1.29 is 9.53 Å². The van der Waals surface area contributed by atoms with E-state index in [0.717, 1.165) is 16.9 Å². The summed E-state index contributed by atoms with van der Waals surface area (Å²) in [4.78, 5) is 13.8. The van der Waals surface area contributed by atoms with Crippen LogP contribution in [0.25, 0.3) is 11.3 Å². The van der Waals surface area contributed by atoms with E-state index in [1.54, 1.807) is 6.92 Å². The zero-order chi connectivity index (χ0) is 13.8. The molecule has 0 saturated heterocycles. The van der Waals surface area contributed by atoms with Crippen molar-refractivity contribution in [2.75, 3.05) is 25.6 Å². The van der Waals surface area contributed by atoms with E-state index in [-0.39, 0.29) is 5.97 Å². The SMILES string of the molecule is CCOC(=O)c1[nH]nc(-c2ccccc2)c1N(C)C. The second-order valence-corrected chi connectivity index (χ2v) is 4.28. The molecule has 0 bridgehead atoms. The highest BCUT2D eigenvalue weighted by Crippen LogP contribution is 2.30. The summed E-state index contributed by atoms with van der Waals surface area (Å²) in [5.41, 5.74) is 2.82. The number of carbonyl (C=O) groups is 1. The Labute approximate surface area is 112 Å². The number of carbonyl (C=O) groups excluding carboxylic acids is 1. The molecule has 100 valence electrons. The number of anilines is 1. The molecule has 0 saturated carbocycles. The van der Waals surface area contributed by atoms with Crippen molar-refractivity contribution in [3.8, 4) is 11.3 Å². The molecule has 1 N–H and O–H groups in total. The zero-order valence-corrected chi connectivity index (χ0v) is 11.3. The molecule has 5 nitrogen and oxygen atoms in total. The van der Waals surface area contributed by atoms with Gasteiger partial charge in [0.25, 0.3) is 0 Å². The van der Waals surface area contributed by atoms with Gasteiger partial charge < -0.3 is 9.64 Å². The van der Waals surface area contributed by atoms with E-state index < -0.39 is 0 Å². The average Bonchev–Trinajstić information content (AvgIpc) is 2.85. The highest BCUT2D eigenvalue weighted by molar-refractivity contribution is 5.97. The second kappa shape index (κ2) is 5.56. The predicted molar refractivity (Wildman–Crippen MR) is 74.3 cm³/mol. The van der Waals surface area contributed by atoms with Gasteiger partial charge in [0.2, 0.25) is 0 Å². The third-order valence-electron chi connectivity index (χ3n) is 2.71. The molecule has 2 aromatic rings. The van der Waals surface area contributed by atoms with Crippen LogP contribution < -0.4 is 4.90 Å². The summed E-state index contributed by atoms with van der Waals surface area (Å²) < 4.78 is 5.03. The number of ether oxygens (including phenoxy) is 1. The molecule has 0 aliphatic heterocycles. The number of esters is 1. The lowest BCUT2D eigenvalue weighted by Crippen LogP contribution is -2.15. The van der Waals surface area contributed by atoms with Crippen LogP contribution in [0.3, 0.4) is 0 Å². The molecule has 0 amide bonds. The Kier molecular flexibility index (Phi) is 3.85. The van der Waals surface area contributed by atoms with Gasteiger partial charge in [0.1, 0.15) is 5.69 Å². The fourth-order valence-corrected chi connectivity index (χ4v) is 1.91. The van der Waals surface area contributed by atoms with E-state index in [4.69, 9.17) is 4.74 Å². The normalized spacial score (nSPS) is 10.3. The number of aromatic nitrogens is 2. The van der Waals surface area contributed by atoms with Gasteiger partial charge in [-0.1, -0.05) is 30.3 Å². The van der Waals surface area contributed by atoms with E-state index in [1.807, 2.05) is 49.3 Å². The van der Waals surface area contributed by atoms with Crippen LogP contribution in [0.5, 0.6) is 0 Å². The molecule has 2 rings (SSSR count). The fourth-order valence-electron chi connectivity index (χ4n) is 1.91. The van der Waals surface area contributed by atoms with Gasteiger partial charge in [-0.05, 0) is 6.92 Å². The van der Waals surface area contributed by atoms with Gasteiger partial charge in [0.05, 0.1) is 12.3 Å². The Morgan fingerprint density at radius 2 is 2.00 bits per heavy atom.